The second kappa shape index (κ2) is 4.46. The number of nitriles is 1. The molecule has 0 spiro atoms. The number of aromatic nitrogens is 2. The van der Waals surface area contributed by atoms with E-state index in [9.17, 15) is 0 Å². The van der Waals surface area contributed by atoms with E-state index < -0.39 is 0 Å². The molecule has 0 saturated carbocycles. The van der Waals surface area contributed by atoms with Gasteiger partial charge in [0.2, 0.25) is 0 Å². The maximum atomic E-state index is 8.32. The van der Waals surface area contributed by atoms with Crippen LogP contribution in [0.15, 0.2) is 18.5 Å². The van der Waals surface area contributed by atoms with Crippen LogP contribution in [0.5, 0.6) is 0 Å². The Bertz CT molecular complexity index is 328. The van der Waals surface area contributed by atoms with Crippen LogP contribution in [0.4, 0.5) is 0 Å². The standard InChI is InChI=1S/C10H13N3/c1-9(2)7-13-8-10(6-12-13)4-3-5-11/h3-4,6,8-9H,7H2,1-2H3. The third kappa shape index (κ3) is 3.12. The highest BCUT2D eigenvalue weighted by atomic mass is 15.3. The van der Waals surface area contributed by atoms with Crippen LogP contribution >= 0.6 is 0 Å². The molecule has 1 rings (SSSR count). The molecule has 0 unspecified atom stereocenters. The highest BCUT2D eigenvalue weighted by Gasteiger charge is 1.97. The molecule has 0 N–H and O–H groups in total. The smallest absolute Gasteiger partial charge is 0.0912 e. The van der Waals surface area contributed by atoms with Crippen LogP contribution in [-0.2, 0) is 6.54 Å². The van der Waals surface area contributed by atoms with Gasteiger partial charge in [0.1, 0.15) is 0 Å². The molecule has 1 aromatic rings. The fraction of sp³-hybridized carbons (Fsp3) is 0.400. The van der Waals surface area contributed by atoms with Gasteiger partial charge in [-0.05, 0) is 12.0 Å². The molecular formula is C10H13N3. The van der Waals surface area contributed by atoms with E-state index in [1.807, 2.05) is 16.9 Å². The Hall–Kier alpha value is -1.56. The van der Waals surface area contributed by atoms with Gasteiger partial charge >= 0.3 is 0 Å². The Kier molecular flexibility index (Phi) is 3.27. The summed E-state index contributed by atoms with van der Waals surface area (Å²) in [4.78, 5) is 0. The van der Waals surface area contributed by atoms with Crippen molar-refractivity contribution in [1.29, 1.82) is 5.26 Å². The zero-order chi connectivity index (χ0) is 9.68. The van der Waals surface area contributed by atoms with Crippen LogP contribution in [0, 0.1) is 17.2 Å². The molecule has 1 heterocycles. The molecule has 0 aromatic carbocycles. The molecule has 0 atom stereocenters. The second-order valence-corrected chi connectivity index (χ2v) is 3.35. The normalized spacial score (nSPS) is 10.9. The van der Waals surface area contributed by atoms with Crippen molar-refractivity contribution >= 4 is 6.08 Å². The van der Waals surface area contributed by atoms with Gasteiger partial charge in [-0.25, -0.2) is 0 Å². The van der Waals surface area contributed by atoms with Gasteiger partial charge in [0.15, 0.2) is 0 Å². The minimum Gasteiger partial charge on any atom is -0.272 e. The zero-order valence-electron chi connectivity index (χ0n) is 7.94. The van der Waals surface area contributed by atoms with Crippen LogP contribution in [-0.4, -0.2) is 9.78 Å². The summed E-state index contributed by atoms with van der Waals surface area (Å²) < 4.78 is 1.89. The van der Waals surface area contributed by atoms with Crippen LogP contribution < -0.4 is 0 Å². The number of hydrogen-bond acceptors (Lipinski definition) is 2. The Morgan fingerprint density at radius 1 is 1.69 bits per heavy atom. The van der Waals surface area contributed by atoms with Crippen molar-refractivity contribution in [2.45, 2.75) is 20.4 Å². The SMILES string of the molecule is CC(C)Cn1cc(C=CC#N)cn1. The summed E-state index contributed by atoms with van der Waals surface area (Å²) in [7, 11) is 0. The fourth-order valence-electron chi connectivity index (χ4n) is 1.07. The molecular weight excluding hydrogens is 162 g/mol. The lowest BCUT2D eigenvalue weighted by molar-refractivity contribution is 0.483. The first kappa shape index (κ1) is 9.53. The molecule has 0 radical (unpaired) electrons. The summed E-state index contributed by atoms with van der Waals surface area (Å²) in [5, 5.41) is 12.5. The highest BCUT2D eigenvalue weighted by molar-refractivity contribution is 5.49. The first-order chi connectivity index (χ1) is 6.22. The average molecular weight is 175 g/mol. The number of hydrogen-bond donors (Lipinski definition) is 0. The molecule has 3 nitrogen and oxygen atoms in total. The Labute approximate surface area is 78.3 Å². The molecule has 1 aromatic heterocycles. The van der Waals surface area contributed by atoms with E-state index in [-0.39, 0.29) is 0 Å². The summed E-state index contributed by atoms with van der Waals surface area (Å²) in [5.74, 6) is 0.590. The molecule has 0 amide bonds. The third-order valence-electron chi connectivity index (χ3n) is 1.56. The lowest BCUT2D eigenvalue weighted by Gasteiger charge is -2.02. The van der Waals surface area contributed by atoms with Crippen molar-refractivity contribution in [2.24, 2.45) is 5.92 Å². The van der Waals surface area contributed by atoms with E-state index in [0.29, 0.717) is 5.92 Å². The van der Waals surface area contributed by atoms with Crippen molar-refractivity contribution in [3.05, 3.63) is 24.0 Å². The van der Waals surface area contributed by atoms with E-state index in [1.54, 1.807) is 12.3 Å². The summed E-state index contributed by atoms with van der Waals surface area (Å²) in [6.07, 6.45) is 6.91. The maximum Gasteiger partial charge on any atom is 0.0912 e. The summed E-state index contributed by atoms with van der Waals surface area (Å²) in [6, 6.07) is 1.95. The largest absolute Gasteiger partial charge is 0.272 e. The number of nitrogens with zero attached hydrogens (tertiary/aromatic N) is 3. The van der Waals surface area contributed by atoms with E-state index >= 15 is 0 Å². The summed E-state index contributed by atoms with van der Waals surface area (Å²) in [5.41, 5.74) is 0.974. The fourth-order valence-corrected chi connectivity index (χ4v) is 1.07. The summed E-state index contributed by atoms with van der Waals surface area (Å²) in [6.45, 7) is 5.21. The first-order valence-corrected chi connectivity index (χ1v) is 4.31. The van der Waals surface area contributed by atoms with Gasteiger partial charge in [-0.1, -0.05) is 13.8 Å². The summed E-state index contributed by atoms with van der Waals surface area (Å²) >= 11 is 0. The molecule has 3 heteroatoms. The van der Waals surface area contributed by atoms with E-state index in [2.05, 4.69) is 18.9 Å². The minimum absolute atomic E-state index is 0.590. The minimum atomic E-state index is 0.590. The highest BCUT2D eigenvalue weighted by Crippen LogP contribution is 2.03. The van der Waals surface area contributed by atoms with Crippen LogP contribution in [0.2, 0.25) is 0 Å². The molecule has 68 valence electrons. The van der Waals surface area contributed by atoms with Crippen molar-refractivity contribution < 1.29 is 0 Å². The molecule has 0 aliphatic carbocycles. The molecule has 0 bridgehead atoms. The molecule has 0 saturated heterocycles. The number of rotatable bonds is 3. The molecule has 0 fully saturated rings. The van der Waals surface area contributed by atoms with E-state index in [0.717, 1.165) is 12.1 Å². The van der Waals surface area contributed by atoms with Crippen molar-refractivity contribution in [1.82, 2.24) is 9.78 Å². The Morgan fingerprint density at radius 2 is 2.46 bits per heavy atom. The maximum absolute atomic E-state index is 8.32. The van der Waals surface area contributed by atoms with Crippen molar-refractivity contribution in [3.63, 3.8) is 0 Å². The lowest BCUT2D eigenvalue weighted by atomic mass is 10.2. The quantitative estimate of drug-likeness (QED) is 0.660. The van der Waals surface area contributed by atoms with Gasteiger partial charge < -0.3 is 0 Å². The Balaban J connectivity index is 2.65. The van der Waals surface area contributed by atoms with Crippen molar-refractivity contribution in [3.8, 4) is 6.07 Å². The Morgan fingerprint density at radius 3 is 3.08 bits per heavy atom. The lowest BCUT2D eigenvalue weighted by Crippen LogP contribution is -2.03. The van der Waals surface area contributed by atoms with Gasteiger partial charge in [0, 0.05) is 24.4 Å². The molecule has 13 heavy (non-hydrogen) atoms. The molecule has 0 aliphatic heterocycles. The number of allylic oxidation sites excluding steroid dienone is 1. The monoisotopic (exact) mass is 175 g/mol. The van der Waals surface area contributed by atoms with E-state index in [4.69, 9.17) is 5.26 Å². The predicted molar refractivity (Wildman–Crippen MR) is 51.7 cm³/mol. The van der Waals surface area contributed by atoms with Gasteiger partial charge in [-0.2, -0.15) is 10.4 Å². The van der Waals surface area contributed by atoms with Gasteiger partial charge in [0.25, 0.3) is 0 Å². The average Bonchev–Trinajstić information content (AvgIpc) is 2.48. The molecule has 0 aliphatic rings. The van der Waals surface area contributed by atoms with Crippen LogP contribution in [0.25, 0.3) is 6.08 Å². The van der Waals surface area contributed by atoms with E-state index in [1.165, 1.54) is 6.08 Å². The first-order valence-electron chi connectivity index (χ1n) is 4.31. The predicted octanol–water partition coefficient (Wildman–Crippen LogP) is 2.08. The third-order valence-corrected chi connectivity index (χ3v) is 1.56. The topological polar surface area (TPSA) is 41.6 Å². The van der Waals surface area contributed by atoms with Crippen molar-refractivity contribution in [2.75, 3.05) is 0 Å². The van der Waals surface area contributed by atoms with Gasteiger partial charge in [0.05, 0.1) is 12.3 Å². The zero-order valence-corrected chi connectivity index (χ0v) is 7.94. The second-order valence-electron chi connectivity index (χ2n) is 3.35. The van der Waals surface area contributed by atoms with Gasteiger partial charge in [-0.15, -0.1) is 0 Å². The van der Waals surface area contributed by atoms with Crippen LogP contribution in [0.1, 0.15) is 19.4 Å². The van der Waals surface area contributed by atoms with Gasteiger partial charge in [-0.3, -0.25) is 4.68 Å². The van der Waals surface area contributed by atoms with Crippen LogP contribution in [0.3, 0.4) is 0 Å².